The molecular formula is C10H14ClN5O3. The van der Waals surface area contributed by atoms with Crippen LogP contribution in [0.1, 0.15) is 24.3 Å². The minimum Gasteiger partial charge on any atom is -0.480 e. The number of halogens is 1. The second-order valence-corrected chi connectivity index (χ2v) is 4.52. The Morgan fingerprint density at radius 3 is 2.32 bits per heavy atom. The fourth-order valence-corrected chi connectivity index (χ4v) is 1.46. The number of hydrogen-bond acceptors (Lipinski definition) is 6. The Morgan fingerprint density at radius 1 is 1.26 bits per heavy atom. The van der Waals surface area contributed by atoms with Crippen molar-refractivity contribution < 1.29 is 14.7 Å². The number of carboxylic acid groups (broad SMARTS) is 1. The molecule has 0 radical (unpaired) electrons. The number of nitrogens with zero attached hydrogens (tertiary/aromatic N) is 2. The van der Waals surface area contributed by atoms with Gasteiger partial charge in [-0.1, -0.05) is 25.4 Å². The number of nitrogens with two attached hydrogens (primary N) is 2. The van der Waals surface area contributed by atoms with Crippen molar-refractivity contribution in [2.75, 3.05) is 11.5 Å². The first-order valence-corrected chi connectivity index (χ1v) is 5.74. The van der Waals surface area contributed by atoms with Crippen LogP contribution in [0, 0.1) is 5.92 Å². The van der Waals surface area contributed by atoms with Crippen molar-refractivity contribution in [3.63, 3.8) is 0 Å². The van der Waals surface area contributed by atoms with Crippen LogP contribution in [-0.4, -0.2) is 33.0 Å². The third-order valence-corrected chi connectivity index (χ3v) is 2.62. The first-order chi connectivity index (χ1) is 8.73. The lowest BCUT2D eigenvalue weighted by atomic mass is 10.0. The van der Waals surface area contributed by atoms with Gasteiger partial charge in [0.05, 0.1) is 0 Å². The summed E-state index contributed by atoms with van der Waals surface area (Å²) in [7, 11) is 0. The van der Waals surface area contributed by atoms with Crippen LogP contribution in [-0.2, 0) is 4.79 Å². The normalized spacial score (nSPS) is 12.2. The van der Waals surface area contributed by atoms with Crippen LogP contribution < -0.4 is 16.8 Å². The maximum Gasteiger partial charge on any atom is 0.326 e. The predicted octanol–water partition coefficient (Wildman–Crippen LogP) is 0.133. The largest absolute Gasteiger partial charge is 0.480 e. The van der Waals surface area contributed by atoms with Gasteiger partial charge in [-0.25, -0.2) is 14.8 Å². The topological polar surface area (TPSA) is 144 Å². The van der Waals surface area contributed by atoms with Crippen molar-refractivity contribution in [3.05, 3.63) is 10.8 Å². The molecular weight excluding hydrogens is 274 g/mol. The number of amides is 1. The van der Waals surface area contributed by atoms with Crippen LogP contribution in [0.25, 0.3) is 0 Å². The van der Waals surface area contributed by atoms with Gasteiger partial charge in [0.15, 0.2) is 22.5 Å². The molecule has 0 aliphatic heterocycles. The molecule has 104 valence electrons. The molecule has 0 spiro atoms. The number of carboxylic acids is 1. The Balaban J connectivity index is 3.01. The lowest BCUT2D eigenvalue weighted by Crippen LogP contribution is -2.44. The number of nitrogen functional groups attached to an aromatic ring is 2. The maximum absolute atomic E-state index is 11.9. The fraction of sp³-hybridized carbons (Fsp3) is 0.400. The predicted molar refractivity (Wildman–Crippen MR) is 69.6 cm³/mol. The second kappa shape index (κ2) is 5.70. The molecule has 0 aromatic carbocycles. The average Bonchev–Trinajstić information content (AvgIpc) is 2.29. The van der Waals surface area contributed by atoms with E-state index in [-0.39, 0.29) is 28.4 Å². The Kier molecular flexibility index (Phi) is 4.49. The number of carbonyl (C=O) groups is 2. The number of aromatic nitrogens is 2. The standard InChI is InChI=1S/C10H14ClN5O3/c1-3(2)4(10(18)19)15-9(17)5-7(12)16-8(13)6(11)14-5/h3-4H,1-2H3,(H,15,17)(H,18,19)(H4,12,13,16)/t4-/m0/s1. The fourth-order valence-electron chi connectivity index (χ4n) is 1.33. The van der Waals surface area contributed by atoms with E-state index in [1.807, 2.05) is 0 Å². The maximum atomic E-state index is 11.9. The summed E-state index contributed by atoms with van der Waals surface area (Å²) in [6, 6.07) is -1.06. The van der Waals surface area contributed by atoms with Gasteiger partial charge in [-0.15, -0.1) is 0 Å². The summed E-state index contributed by atoms with van der Waals surface area (Å²) in [5.74, 6) is -2.55. The van der Waals surface area contributed by atoms with Crippen LogP contribution >= 0.6 is 11.6 Å². The van der Waals surface area contributed by atoms with Crippen molar-refractivity contribution in [3.8, 4) is 0 Å². The highest BCUT2D eigenvalue weighted by atomic mass is 35.5. The second-order valence-electron chi connectivity index (χ2n) is 4.17. The zero-order valence-corrected chi connectivity index (χ0v) is 11.1. The van der Waals surface area contributed by atoms with E-state index in [0.717, 1.165) is 0 Å². The van der Waals surface area contributed by atoms with Crippen LogP contribution in [0.4, 0.5) is 11.6 Å². The van der Waals surface area contributed by atoms with Gasteiger partial charge < -0.3 is 21.9 Å². The molecule has 1 amide bonds. The molecule has 0 aliphatic rings. The Morgan fingerprint density at radius 2 is 1.84 bits per heavy atom. The Labute approximate surface area is 114 Å². The van der Waals surface area contributed by atoms with E-state index < -0.39 is 17.9 Å². The van der Waals surface area contributed by atoms with Crippen molar-refractivity contribution in [1.82, 2.24) is 15.3 Å². The zero-order chi connectivity index (χ0) is 14.7. The minimum atomic E-state index is -1.16. The van der Waals surface area contributed by atoms with Crippen molar-refractivity contribution in [2.45, 2.75) is 19.9 Å². The van der Waals surface area contributed by atoms with E-state index in [9.17, 15) is 9.59 Å². The molecule has 19 heavy (non-hydrogen) atoms. The Bertz CT molecular complexity index is 520. The van der Waals surface area contributed by atoms with Crippen LogP contribution in [0.15, 0.2) is 0 Å². The smallest absolute Gasteiger partial charge is 0.326 e. The van der Waals surface area contributed by atoms with E-state index in [2.05, 4.69) is 15.3 Å². The molecule has 1 rings (SSSR count). The van der Waals surface area contributed by atoms with Crippen LogP contribution in [0.2, 0.25) is 5.15 Å². The van der Waals surface area contributed by atoms with E-state index in [1.165, 1.54) is 0 Å². The quantitative estimate of drug-likeness (QED) is 0.616. The van der Waals surface area contributed by atoms with Gasteiger partial charge >= 0.3 is 5.97 Å². The molecule has 1 aromatic heterocycles. The summed E-state index contributed by atoms with van der Waals surface area (Å²) in [6.07, 6.45) is 0. The molecule has 0 fully saturated rings. The molecule has 0 unspecified atom stereocenters. The number of carbonyl (C=O) groups excluding carboxylic acids is 1. The van der Waals surface area contributed by atoms with Crippen LogP contribution in [0.3, 0.4) is 0 Å². The summed E-state index contributed by atoms with van der Waals surface area (Å²) in [4.78, 5) is 30.2. The highest BCUT2D eigenvalue weighted by molar-refractivity contribution is 6.31. The SMILES string of the molecule is CC(C)[C@H](NC(=O)c1nc(Cl)c(N)nc1N)C(=O)O. The molecule has 1 heterocycles. The molecule has 0 saturated carbocycles. The minimum absolute atomic E-state index is 0.102. The molecule has 1 aromatic rings. The van der Waals surface area contributed by atoms with E-state index in [4.69, 9.17) is 28.2 Å². The molecule has 0 saturated heterocycles. The monoisotopic (exact) mass is 287 g/mol. The molecule has 9 heteroatoms. The van der Waals surface area contributed by atoms with E-state index in [0.29, 0.717) is 0 Å². The summed E-state index contributed by atoms with van der Waals surface area (Å²) < 4.78 is 0. The van der Waals surface area contributed by atoms with Crippen molar-refractivity contribution >= 4 is 35.1 Å². The first-order valence-electron chi connectivity index (χ1n) is 5.36. The van der Waals surface area contributed by atoms with Crippen LogP contribution in [0.5, 0.6) is 0 Å². The molecule has 8 nitrogen and oxygen atoms in total. The average molecular weight is 288 g/mol. The third-order valence-electron chi connectivity index (χ3n) is 2.34. The van der Waals surface area contributed by atoms with E-state index in [1.54, 1.807) is 13.8 Å². The Hall–Kier alpha value is -2.09. The highest BCUT2D eigenvalue weighted by Crippen LogP contribution is 2.17. The number of hydrogen-bond donors (Lipinski definition) is 4. The summed E-state index contributed by atoms with van der Waals surface area (Å²) in [5.41, 5.74) is 10.6. The molecule has 6 N–H and O–H groups in total. The summed E-state index contributed by atoms with van der Waals surface area (Å²) in [6.45, 7) is 3.31. The number of anilines is 2. The van der Waals surface area contributed by atoms with Gasteiger partial charge in [0.25, 0.3) is 5.91 Å². The number of nitrogens with one attached hydrogen (secondary N) is 1. The van der Waals surface area contributed by atoms with Gasteiger partial charge in [0, 0.05) is 0 Å². The van der Waals surface area contributed by atoms with Gasteiger partial charge in [0.2, 0.25) is 0 Å². The van der Waals surface area contributed by atoms with Gasteiger partial charge in [-0.05, 0) is 5.92 Å². The molecule has 0 bridgehead atoms. The molecule has 0 aliphatic carbocycles. The van der Waals surface area contributed by atoms with Crippen molar-refractivity contribution in [1.29, 1.82) is 0 Å². The van der Waals surface area contributed by atoms with Gasteiger partial charge in [-0.2, -0.15) is 0 Å². The number of aliphatic carboxylic acids is 1. The molecule has 1 atom stereocenters. The first kappa shape index (κ1) is 15.0. The lowest BCUT2D eigenvalue weighted by Gasteiger charge is -2.18. The van der Waals surface area contributed by atoms with E-state index >= 15 is 0 Å². The third kappa shape index (κ3) is 3.44. The summed E-state index contributed by atoms with van der Waals surface area (Å²) >= 11 is 5.64. The zero-order valence-electron chi connectivity index (χ0n) is 10.3. The lowest BCUT2D eigenvalue weighted by molar-refractivity contribution is -0.140. The number of rotatable bonds is 4. The van der Waals surface area contributed by atoms with Crippen molar-refractivity contribution in [2.24, 2.45) is 5.92 Å². The summed E-state index contributed by atoms with van der Waals surface area (Å²) in [5, 5.41) is 11.1. The highest BCUT2D eigenvalue weighted by Gasteiger charge is 2.26. The van der Waals surface area contributed by atoms with Gasteiger partial charge in [-0.3, -0.25) is 4.79 Å². The van der Waals surface area contributed by atoms with Gasteiger partial charge in [0.1, 0.15) is 6.04 Å².